The Morgan fingerprint density at radius 3 is 2.57 bits per heavy atom. The Hall–Kier alpha value is -4.04. The fraction of sp³-hybridized carbons (Fsp3) is 0.429. The SMILES string of the molecule is COc1cc2c(NS(=O)(=O)c3c(OC)ccc(C4CC(F)CCN4C)c3OC)noc2cc1Nc1cc(C2CC2)[nH]n1. The summed E-state index contributed by atoms with van der Waals surface area (Å²) in [6, 6.07) is 8.14. The summed E-state index contributed by atoms with van der Waals surface area (Å²) in [6.07, 6.45) is 1.93. The monoisotopic (exact) mass is 600 g/mol. The van der Waals surface area contributed by atoms with Gasteiger partial charge < -0.3 is 24.1 Å². The van der Waals surface area contributed by atoms with Crippen LogP contribution in [0.25, 0.3) is 11.0 Å². The number of likely N-dealkylation sites (tertiary alicyclic amines) is 1. The number of nitrogens with one attached hydrogen (secondary N) is 3. The van der Waals surface area contributed by atoms with Crippen molar-refractivity contribution >= 4 is 38.3 Å². The van der Waals surface area contributed by atoms with Crippen LogP contribution >= 0.6 is 0 Å². The first-order valence-electron chi connectivity index (χ1n) is 13.6. The summed E-state index contributed by atoms with van der Waals surface area (Å²) >= 11 is 0. The molecule has 2 fully saturated rings. The standard InChI is InChI=1S/C28H33FN6O6S/c1-35-10-9-16(29)11-21(35)17-7-8-22(38-2)27(26(17)40-4)42(36,37)34-28-18-12-24(39-3)20(13-23(18)41-33-28)30-25-14-19(31-32-25)15-5-6-15/h7-8,12-16,21H,5-6,9-11H2,1-4H3,(H,33,34)(H2,30,31,32). The number of ether oxygens (including phenoxy) is 3. The summed E-state index contributed by atoms with van der Waals surface area (Å²) < 4.78 is 66.9. The number of aromatic nitrogens is 3. The van der Waals surface area contributed by atoms with Crippen LogP contribution in [0, 0.1) is 0 Å². The normalized spacial score (nSPS) is 19.5. The molecule has 1 saturated heterocycles. The lowest BCUT2D eigenvalue weighted by molar-refractivity contribution is 0.112. The van der Waals surface area contributed by atoms with Crippen LogP contribution < -0.4 is 24.2 Å². The number of methoxy groups -OCH3 is 3. The molecule has 14 heteroatoms. The maximum atomic E-state index is 14.4. The minimum Gasteiger partial charge on any atom is -0.495 e. The van der Waals surface area contributed by atoms with E-state index in [1.807, 2.05) is 18.0 Å². The number of benzene rings is 2. The van der Waals surface area contributed by atoms with Crippen molar-refractivity contribution in [3.63, 3.8) is 0 Å². The zero-order valence-corrected chi connectivity index (χ0v) is 24.5. The molecule has 0 radical (unpaired) electrons. The molecular weight excluding hydrogens is 567 g/mol. The molecular formula is C28H33FN6O6S. The molecule has 42 heavy (non-hydrogen) atoms. The van der Waals surface area contributed by atoms with E-state index >= 15 is 0 Å². The molecule has 224 valence electrons. The highest BCUT2D eigenvalue weighted by Gasteiger charge is 2.35. The maximum absolute atomic E-state index is 14.4. The van der Waals surface area contributed by atoms with Crippen LogP contribution in [0.1, 0.15) is 48.9 Å². The Morgan fingerprint density at radius 1 is 1.07 bits per heavy atom. The number of fused-ring (bicyclic) bond motifs is 1. The average molecular weight is 601 g/mol. The molecule has 6 rings (SSSR count). The molecule has 2 atom stereocenters. The first-order chi connectivity index (χ1) is 20.2. The summed E-state index contributed by atoms with van der Waals surface area (Å²) in [6.45, 7) is 0.535. The van der Waals surface area contributed by atoms with E-state index in [1.165, 1.54) is 21.3 Å². The fourth-order valence-electron chi connectivity index (χ4n) is 5.48. The van der Waals surface area contributed by atoms with Crippen molar-refractivity contribution in [2.24, 2.45) is 0 Å². The average Bonchev–Trinajstić information content (AvgIpc) is 3.62. The van der Waals surface area contributed by atoms with Gasteiger partial charge in [0.15, 0.2) is 22.1 Å². The van der Waals surface area contributed by atoms with E-state index in [0.717, 1.165) is 18.5 Å². The van der Waals surface area contributed by atoms with Crippen molar-refractivity contribution in [2.75, 3.05) is 45.0 Å². The molecule has 3 N–H and O–H groups in total. The lowest BCUT2D eigenvalue weighted by atomic mass is 9.94. The van der Waals surface area contributed by atoms with E-state index in [4.69, 9.17) is 18.7 Å². The minimum atomic E-state index is -4.34. The molecule has 2 aromatic heterocycles. The predicted octanol–water partition coefficient (Wildman–Crippen LogP) is 5.10. The van der Waals surface area contributed by atoms with Gasteiger partial charge in [0.25, 0.3) is 10.0 Å². The van der Waals surface area contributed by atoms with Crippen LogP contribution in [0.3, 0.4) is 0 Å². The Kier molecular flexibility index (Phi) is 7.35. The van der Waals surface area contributed by atoms with Gasteiger partial charge in [0.2, 0.25) is 0 Å². The van der Waals surface area contributed by atoms with Gasteiger partial charge in [0.05, 0.1) is 32.4 Å². The number of rotatable bonds is 10. The number of nitrogens with zero attached hydrogens (tertiary/aromatic N) is 3. The van der Waals surface area contributed by atoms with Crippen molar-refractivity contribution in [3.8, 4) is 17.2 Å². The first kappa shape index (κ1) is 28.1. The molecule has 2 aliphatic rings. The van der Waals surface area contributed by atoms with Gasteiger partial charge in [0.1, 0.15) is 23.4 Å². The number of anilines is 3. The van der Waals surface area contributed by atoms with Gasteiger partial charge in [-0.1, -0.05) is 5.16 Å². The van der Waals surface area contributed by atoms with E-state index in [0.29, 0.717) is 52.7 Å². The number of alkyl halides is 1. The van der Waals surface area contributed by atoms with Crippen molar-refractivity contribution in [1.29, 1.82) is 0 Å². The summed E-state index contributed by atoms with van der Waals surface area (Å²) in [5, 5.41) is 15.0. The van der Waals surface area contributed by atoms with Crippen LogP contribution in [0.5, 0.6) is 17.2 Å². The third-order valence-electron chi connectivity index (χ3n) is 7.87. The summed E-state index contributed by atoms with van der Waals surface area (Å²) in [5.41, 5.74) is 2.51. The third-order valence-corrected chi connectivity index (χ3v) is 9.25. The fourth-order valence-corrected chi connectivity index (χ4v) is 6.84. The lowest BCUT2D eigenvalue weighted by Crippen LogP contribution is -2.35. The van der Waals surface area contributed by atoms with Crippen LogP contribution in [0.4, 0.5) is 21.7 Å². The van der Waals surface area contributed by atoms with Gasteiger partial charge >= 0.3 is 0 Å². The highest BCUT2D eigenvalue weighted by Crippen LogP contribution is 2.45. The topological polar surface area (TPSA) is 144 Å². The van der Waals surface area contributed by atoms with Crippen LogP contribution in [0.2, 0.25) is 0 Å². The molecule has 1 aliphatic heterocycles. The Labute approximate surface area is 242 Å². The lowest BCUT2D eigenvalue weighted by Gasteiger charge is -2.35. The number of H-pyrrole nitrogens is 1. The molecule has 2 unspecified atom stereocenters. The summed E-state index contributed by atoms with van der Waals surface area (Å²) in [5.74, 6) is 1.68. The second-order valence-corrected chi connectivity index (χ2v) is 12.2. The van der Waals surface area contributed by atoms with Crippen LogP contribution in [0.15, 0.2) is 39.8 Å². The summed E-state index contributed by atoms with van der Waals surface area (Å²) in [4.78, 5) is 1.77. The Balaban J connectivity index is 1.34. The number of piperidine rings is 1. The number of hydrogen-bond donors (Lipinski definition) is 3. The second kappa shape index (κ2) is 11.0. The van der Waals surface area contributed by atoms with Gasteiger partial charge in [-0.15, -0.1) is 0 Å². The molecule has 1 saturated carbocycles. The molecule has 2 aromatic carbocycles. The quantitative estimate of drug-likeness (QED) is 0.225. The van der Waals surface area contributed by atoms with E-state index in [1.54, 1.807) is 24.3 Å². The van der Waals surface area contributed by atoms with E-state index in [9.17, 15) is 12.8 Å². The van der Waals surface area contributed by atoms with Gasteiger partial charge in [-0.3, -0.25) is 14.7 Å². The van der Waals surface area contributed by atoms with Gasteiger partial charge in [-0.25, -0.2) is 12.8 Å². The number of hydrogen-bond acceptors (Lipinski definition) is 10. The number of halogens is 1. The molecule has 3 heterocycles. The molecule has 12 nitrogen and oxygen atoms in total. The smallest absolute Gasteiger partial charge is 0.270 e. The van der Waals surface area contributed by atoms with Gasteiger partial charge in [-0.05, 0) is 50.9 Å². The van der Waals surface area contributed by atoms with Crippen molar-refractivity contribution < 1.29 is 31.5 Å². The molecule has 4 aromatic rings. The predicted molar refractivity (Wildman–Crippen MR) is 154 cm³/mol. The number of sulfonamides is 1. The van der Waals surface area contributed by atoms with Crippen LogP contribution in [-0.4, -0.2) is 69.8 Å². The molecule has 0 bridgehead atoms. The highest BCUT2D eigenvalue weighted by atomic mass is 32.2. The zero-order valence-electron chi connectivity index (χ0n) is 23.7. The van der Waals surface area contributed by atoms with Crippen molar-refractivity contribution in [3.05, 3.63) is 41.6 Å². The second-order valence-electron chi connectivity index (χ2n) is 10.6. The number of aromatic amines is 1. The molecule has 0 spiro atoms. The van der Waals surface area contributed by atoms with Crippen molar-refractivity contribution in [1.82, 2.24) is 20.3 Å². The Morgan fingerprint density at radius 2 is 1.86 bits per heavy atom. The minimum absolute atomic E-state index is 0.0428. The maximum Gasteiger partial charge on any atom is 0.270 e. The van der Waals surface area contributed by atoms with E-state index < -0.39 is 16.2 Å². The first-order valence-corrected chi connectivity index (χ1v) is 15.1. The zero-order chi connectivity index (χ0) is 29.6. The third kappa shape index (κ3) is 5.20. The largest absolute Gasteiger partial charge is 0.495 e. The van der Waals surface area contributed by atoms with E-state index in [2.05, 4.69) is 25.4 Å². The van der Waals surface area contributed by atoms with Gasteiger partial charge in [0, 0.05) is 41.9 Å². The highest BCUT2D eigenvalue weighted by molar-refractivity contribution is 7.93. The Bertz CT molecular complexity index is 1720. The van der Waals surface area contributed by atoms with Gasteiger partial charge in [-0.2, -0.15) is 5.10 Å². The summed E-state index contributed by atoms with van der Waals surface area (Å²) in [7, 11) is 1.80. The molecule has 1 aliphatic carbocycles. The van der Waals surface area contributed by atoms with E-state index in [-0.39, 0.29) is 34.7 Å². The molecule has 0 amide bonds. The van der Waals surface area contributed by atoms with Crippen molar-refractivity contribution in [2.45, 2.75) is 48.7 Å². The van der Waals surface area contributed by atoms with Crippen LogP contribution in [-0.2, 0) is 10.0 Å².